The lowest BCUT2D eigenvalue weighted by Crippen LogP contribution is -2.17. The molecule has 7 heteroatoms. The molecule has 0 aliphatic carbocycles. The number of rotatable bonds is 3. The Bertz CT molecular complexity index is 1180. The van der Waals surface area contributed by atoms with Crippen molar-refractivity contribution in [1.29, 1.82) is 0 Å². The average Bonchev–Trinajstić information content (AvgIpc) is 3.01. The third-order valence-corrected chi connectivity index (χ3v) is 3.92. The maximum Gasteiger partial charge on any atom is 0.298 e. The van der Waals surface area contributed by atoms with Crippen LogP contribution in [0.2, 0.25) is 0 Å². The van der Waals surface area contributed by atoms with Gasteiger partial charge < -0.3 is 9.72 Å². The van der Waals surface area contributed by atoms with E-state index in [2.05, 4.69) is 15.1 Å². The van der Waals surface area contributed by atoms with Crippen molar-refractivity contribution < 1.29 is 9.13 Å². The third kappa shape index (κ3) is 2.55. The number of hydrogen-bond donors (Lipinski definition) is 1. The maximum absolute atomic E-state index is 13.6. The molecule has 4 aromatic rings. The number of nitrogens with zero attached hydrogens (tertiary/aromatic N) is 3. The first-order valence-electron chi connectivity index (χ1n) is 7.53. The van der Waals surface area contributed by atoms with Gasteiger partial charge >= 0.3 is 0 Å². The van der Waals surface area contributed by atoms with Gasteiger partial charge in [-0.2, -0.15) is 9.78 Å². The van der Waals surface area contributed by atoms with Gasteiger partial charge in [0.05, 0.1) is 13.3 Å². The number of ether oxygens (including phenoxy) is 1. The number of aromatic amines is 1. The van der Waals surface area contributed by atoms with Crippen molar-refractivity contribution in [1.82, 2.24) is 14.6 Å². The van der Waals surface area contributed by atoms with Crippen molar-refractivity contribution in [3.8, 4) is 5.75 Å². The lowest BCUT2D eigenvalue weighted by atomic mass is 10.2. The Balaban J connectivity index is 1.84. The van der Waals surface area contributed by atoms with Crippen molar-refractivity contribution >= 4 is 28.2 Å². The summed E-state index contributed by atoms with van der Waals surface area (Å²) >= 11 is 0. The first kappa shape index (κ1) is 15.1. The van der Waals surface area contributed by atoms with Crippen LogP contribution >= 0.6 is 0 Å². The van der Waals surface area contributed by atoms with E-state index in [0.29, 0.717) is 16.8 Å². The summed E-state index contributed by atoms with van der Waals surface area (Å²) < 4.78 is 19.9. The fourth-order valence-corrected chi connectivity index (χ4v) is 2.64. The predicted molar refractivity (Wildman–Crippen MR) is 93.8 cm³/mol. The van der Waals surface area contributed by atoms with E-state index in [1.165, 1.54) is 18.6 Å². The number of halogens is 1. The summed E-state index contributed by atoms with van der Waals surface area (Å²) in [4.78, 5) is 20.0. The second kappa shape index (κ2) is 5.86. The van der Waals surface area contributed by atoms with Gasteiger partial charge in [0, 0.05) is 16.5 Å². The van der Waals surface area contributed by atoms with Crippen molar-refractivity contribution in [3.05, 3.63) is 70.5 Å². The molecule has 1 N–H and O–H groups in total. The molecule has 0 aliphatic rings. The number of nitrogens with one attached hydrogen (secondary N) is 1. The standard InChI is InChI=1S/C18H13FN4O2/c1-25-12-6-7-15-13(8-12)16-17(22-15)18(24)23(10-20-16)21-9-11-4-2-3-5-14(11)19/h2-10,22H,1H3. The largest absolute Gasteiger partial charge is 0.497 e. The molecule has 0 atom stereocenters. The molecule has 4 rings (SSSR count). The Kier molecular flexibility index (Phi) is 3.53. The van der Waals surface area contributed by atoms with E-state index < -0.39 is 5.82 Å². The molecule has 0 saturated carbocycles. The van der Waals surface area contributed by atoms with Gasteiger partial charge in [-0.3, -0.25) is 4.79 Å². The SMILES string of the molecule is COc1ccc2[nH]c3c(=O)n(N=Cc4ccccc4F)cnc3c2c1. The zero-order valence-electron chi connectivity index (χ0n) is 13.2. The fraction of sp³-hybridized carbons (Fsp3) is 0.0556. The van der Waals surface area contributed by atoms with Crippen LogP contribution in [0.15, 0.2) is 58.7 Å². The van der Waals surface area contributed by atoms with Crippen molar-refractivity contribution in [2.45, 2.75) is 0 Å². The van der Waals surface area contributed by atoms with Crippen LogP contribution in [-0.4, -0.2) is 28.0 Å². The van der Waals surface area contributed by atoms with Crippen molar-refractivity contribution in [3.63, 3.8) is 0 Å². The highest BCUT2D eigenvalue weighted by Crippen LogP contribution is 2.25. The van der Waals surface area contributed by atoms with Gasteiger partial charge in [-0.15, -0.1) is 0 Å². The minimum absolute atomic E-state index is 0.288. The van der Waals surface area contributed by atoms with Crippen LogP contribution in [0.25, 0.3) is 21.9 Å². The minimum Gasteiger partial charge on any atom is -0.497 e. The van der Waals surface area contributed by atoms with Gasteiger partial charge in [0.2, 0.25) is 0 Å². The van der Waals surface area contributed by atoms with E-state index in [1.54, 1.807) is 31.4 Å². The van der Waals surface area contributed by atoms with Gasteiger partial charge in [-0.25, -0.2) is 9.37 Å². The van der Waals surface area contributed by atoms with Crippen LogP contribution in [0.1, 0.15) is 5.56 Å². The average molecular weight is 336 g/mol. The molecule has 124 valence electrons. The Labute approximate surface area is 141 Å². The topological polar surface area (TPSA) is 72.3 Å². The normalized spacial score (nSPS) is 11.6. The van der Waals surface area contributed by atoms with Crippen LogP contribution in [0.5, 0.6) is 5.75 Å². The number of fused-ring (bicyclic) bond motifs is 3. The van der Waals surface area contributed by atoms with E-state index in [0.717, 1.165) is 15.6 Å². The molecule has 0 radical (unpaired) electrons. The van der Waals surface area contributed by atoms with Crippen LogP contribution < -0.4 is 10.3 Å². The van der Waals surface area contributed by atoms with E-state index in [1.807, 2.05) is 12.1 Å². The number of benzene rings is 2. The monoisotopic (exact) mass is 336 g/mol. The fourth-order valence-electron chi connectivity index (χ4n) is 2.64. The first-order chi connectivity index (χ1) is 12.2. The van der Waals surface area contributed by atoms with Gasteiger partial charge in [0.1, 0.15) is 28.9 Å². The van der Waals surface area contributed by atoms with Gasteiger partial charge in [0.15, 0.2) is 0 Å². The molecular weight excluding hydrogens is 323 g/mol. The van der Waals surface area contributed by atoms with Crippen molar-refractivity contribution in [2.24, 2.45) is 5.10 Å². The Morgan fingerprint density at radius 1 is 1.28 bits per heavy atom. The predicted octanol–water partition coefficient (Wildman–Crippen LogP) is 2.91. The second-order valence-electron chi connectivity index (χ2n) is 5.42. The highest BCUT2D eigenvalue weighted by atomic mass is 19.1. The summed E-state index contributed by atoms with van der Waals surface area (Å²) in [7, 11) is 1.58. The summed E-state index contributed by atoms with van der Waals surface area (Å²) in [5, 5.41) is 4.81. The second-order valence-corrected chi connectivity index (χ2v) is 5.42. The van der Waals surface area contributed by atoms with E-state index in [4.69, 9.17) is 4.74 Å². The molecule has 0 bridgehead atoms. The molecule has 0 aliphatic heterocycles. The molecule has 2 aromatic carbocycles. The number of hydrogen-bond acceptors (Lipinski definition) is 4. The van der Waals surface area contributed by atoms with Crippen LogP contribution in [0.4, 0.5) is 4.39 Å². The van der Waals surface area contributed by atoms with Crippen LogP contribution in [-0.2, 0) is 0 Å². The highest BCUT2D eigenvalue weighted by Gasteiger charge is 2.11. The molecule has 2 heterocycles. The number of H-pyrrole nitrogens is 1. The summed E-state index contributed by atoms with van der Waals surface area (Å²) in [6.07, 6.45) is 2.60. The van der Waals surface area contributed by atoms with Gasteiger partial charge in [-0.05, 0) is 24.3 Å². The zero-order valence-corrected chi connectivity index (χ0v) is 13.2. The zero-order chi connectivity index (χ0) is 17.4. The third-order valence-electron chi connectivity index (χ3n) is 3.92. The quantitative estimate of drug-likeness (QED) is 0.585. The van der Waals surface area contributed by atoms with Crippen LogP contribution in [0.3, 0.4) is 0 Å². The molecule has 0 amide bonds. The Hall–Kier alpha value is -3.48. The molecule has 0 fully saturated rings. The molecule has 0 unspecified atom stereocenters. The Morgan fingerprint density at radius 2 is 2.12 bits per heavy atom. The molecule has 2 aromatic heterocycles. The van der Waals surface area contributed by atoms with Gasteiger partial charge in [-0.1, -0.05) is 18.2 Å². The van der Waals surface area contributed by atoms with Crippen molar-refractivity contribution in [2.75, 3.05) is 7.11 Å². The number of methoxy groups -OCH3 is 1. The molecular formula is C18H13FN4O2. The Morgan fingerprint density at radius 3 is 2.92 bits per heavy atom. The lowest BCUT2D eigenvalue weighted by molar-refractivity contribution is 0.415. The van der Waals surface area contributed by atoms with E-state index >= 15 is 0 Å². The highest BCUT2D eigenvalue weighted by molar-refractivity contribution is 6.04. The molecule has 6 nitrogen and oxygen atoms in total. The number of aromatic nitrogens is 3. The first-order valence-corrected chi connectivity index (χ1v) is 7.53. The molecule has 0 spiro atoms. The summed E-state index contributed by atoms with van der Waals surface area (Å²) in [6, 6.07) is 11.6. The summed E-state index contributed by atoms with van der Waals surface area (Å²) in [5.74, 6) is 0.267. The summed E-state index contributed by atoms with van der Waals surface area (Å²) in [6.45, 7) is 0. The molecule has 25 heavy (non-hydrogen) atoms. The smallest absolute Gasteiger partial charge is 0.298 e. The lowest BCUT2D eigenvalue weighted by Gasteiger charge is -1.99. The van der Waals surface area contributed by atoms with Crippen LogP contribution in [0, 0.1) is 5.82 Å². The minimum atomic E-state index is -0.411. The maximum atomic E-state index is 13.6. The summed E-state index contributed by atoms with van der Waals surface area (Å²) in [5.41, 5.74) is 1.56. The van der Waals surface area contributed by atoms with E-state index in [-0.39, 0.29) is 11.1 Å². The molecule has 0 saturated heterocycles. The van der Waals surface area contributed by atoms with E-state index in [9.17, 15) is 9.18 Å². The van der Waals surface area contributed by atoms with Gasteiger partial charge in [0.25, 0.3) is 5.56 Å².